The minimum Gasteiger partial charge on any atom is -0.330 e. The van der Waals surface area contributed by atoms with Crippen molar-refractivity contribution >= 4 is 11.5 Å². The summed E-state index contributed by atoms with van der Waals surface area (Å²) in [5, 5.41) is 0. The molecule has 0 saturated heterocycles. The van der Waals surface area contributed by atoms with Gasteiger partial charge in [0.25, 0.3) is 0 Å². The Bertz CT molecular complexity index is 484. The molecule has 2 N–H and O–H groups in total. The Balaban J connectivity index is 2.34. The van der Waals surface area contributed by atoms with E-state index < -0.39 is 0 Å². The highest BCUT2D eigenvalue weighted by molar-refractivity contribution is 5.62. The topological polar surface area (TPSA) is 55.0 Å². The summed E-state index contributed by atoms with van der Waals surface area (Å²) in [4.78, 5) is 10.7. The molecule has 0 amide bonds. The van der Waals surface area contributed by atoms with E-state index in [2.05, 4.69) is 33.9 Å². The van der Waals surface area contributed by atoms with E-state index >= 15 is 0 Å². The molecule has 0 aliphatic carbocycles. The van der Waals surface area contributed by atoms with Crippen molar-refractivity contribution in [1.82, 2.24) is 9.97 Å². The van der Waals surface area contributed by atoms with Gasteiger partial charge in [0.1, 0.15) is 0 Å². The van der Waals surface area contributed by atoms with Gasteiger partial charge in [-0.2, -0.15) is 0 Å². The summed E-state index contributed by atoms with van der Waals surface area (Å²) in [5.41, 5.74) is 7.99. The molecular weight excluding hydrogens is 224 g/mol. The second-order valence-electron chi connectivity index (χ2n) is 4.14. The van der Waals surface area contributed by atoms with Gasteiger partial charge in [-0.3, -0.25) is 4.98 Å². The lowest BCUT2D eigenvalue weighted by Crippen LogP contribution is -2.22. The molecule has 0 aliphatic rings. The summed E-state index contributed by atoms with van der Waals surface area (Å²) in [5.74, 6) is 0.861. The number of aromatic nitrogens is 2. The first kappa shape index (κ1) is 12.5. The van der Waals surface area contributed by atoms with Crippen molar-refractivity contribution in [3.05, 3.63) is 48.4 Å². The van der Waals surface area contributed by atoms with Crippen LogP contribution >= 0.6 is 0 Å². The molecule has 1 aromatic heterocycles. The lowest BCUT2D eigenvalue weighted by atomic mass is 10.1. The number of hydrogen-bond donors (Lipinski definition) is 1. The highest BCUT2D eigenvalue weighted by Gasteiger charge is 2.11. The van der Waals surface area contributed by atoms with E-state index in [1.54, 1.807) is 18.6 Å². The van der Waals surface area contributed by atoms with Crippen molar-refractivity contribution in [3.63, 3.8) is 0 Å². The van der Waals surface area contributed by atoms with Crippen molar-refractivity contribution in [2.45, 2.75) is 13.3 Å². The molecule has 0 radical (unpaired) electrons. The van der Waals surface area contributed by atoms with Gasteiger partial charge < -0.3 is 10.6 Å². The fraction of sp³-hybridized carbons (Fsp3) is 0.286. The van der Waals surface area contributed by atoms with Crippen LogP contribution in [0.4, 0.5) is 11.5 Å². The quantitative estimate of drug-likeness (QED) is 0.874. The van der Waals surface area contributed by atoms with Crippen molar-refractivity contribution < 1.29 is 0 Å². The van der Waals surface area contributed by atoms with Crippen LogP contribution in [0.2, 0.25) is 0 Å². The van der Waals surface area contributed by atoms with E-state index in [4.69, 9.17) is 5.73 Å². The zero-order chi connectivity index (χ0) is 12.8. The molecule has 18 heavy (non-hydrogen) atoms. The predicted molar refractivity (Wildman–Crippen MR) is 73.9 cm³/mol. The molecule has 2 rings (SSSR count). The maximum Gasteiger partial charge on any atom is 0.151 e. The third-order valence-electron chi connectivity index (χ3n) is 2.82. The standard InChI is InChI=1S/C14H18N4/c1-12-5-2-3-6-13(12)18(10-4-7-15)14-11-16-8-9-17-14/h2-3,5-6,8-9,11H,4,7,10,15H2,1H3. The van der Waals surface area contributed by atoms with Crippen LogP contribution in [0.25, 0.3) is 0 Å². The third kappa shape index (κ3) is 2.84. The lowest BCUT2D eigenvalue weighted by molar-refractivity contribution is 0.806. The van der Waals surface area contributed by atoms with Crippen LogP contribution in [0.1, 0.15) is 12.0 Å². The fourth-order valence-corrected chi connectivity index (χ4v) is 1.90. The van der Waals surface area contributed by atoms with Gasteiger partial charge in [0, 0.05) is 24.6 Å². The molecule has 0 bridgehead atoms. The Labute approximate surface area is 107 Å². The Kier molecular flexibility index (Phi) is 4.25. The second kappa shape index (κ2) is 6.12. The first-order valence-electron chi connectivity index (χ1n) is 6.12. The number of anilines is 2. The lowest BCUT2D eigenvalue weighted by Gasteiger charge is -2.24. The summed E-state index contributed by atoms with van der Waals surface area (Å²) >= 11 is 0. The normalized spacial score (nSPS) is 10.3. The van der Waals surface area contributed by atoms with Crippen molar-refractivity contribution in [1.29, 1.82) is 0 Å². The number of benzene rings is 1. The molecule has 2 aromatic rings. The largest absolute Gasteiger partial charge is 0.330 e. The summed E-state index contributed by atoms with van der Waals surface area (Å²) in [7, 11) is 0. The second-order valence-corrected chi connectivity index (χ2v) is 4.14. The molecule has 0 aliphatic heterocycles. The smallest absolute Gasteiger partial charge is 0.151 e. The first-order valence-corrected chi connectivity index (χ1v) is 6.12. The van der Waals surface area contributed by atoms with Gasteiger partial charge >= 0.3 is 0 Å². The van der Waals surface area contributed by atoms with Crippen LogP contribution in [0.5, 0.6) is 0 Å². The number of hydrogen-bond acceptors (Lipinski definition) is 4. The zero-order valence-electron chi connectivity index (χ0n) is 10.6. The first-order chi connectivity index (χ1) is 8.83. The highest BCUT2D eigenvalue weighted by atomic mass is 15.2. The summed E-state index contributed by atoms with van der Waals surface area (Å²) in [6.07, 6.45) is 6.10. The number of aryl methyl sites for hydroxylation is 1. The maximum absolute atomic E-state index is 5.61. The SMILES string of the molecule is Cc1ccccc1N(CCCN)c1cnccn1. The van der Waals surface area contributed by atoms with Crippen molar-refractivity contribution in [3.8, 4) is 0 Å². The van der Waals surface area contributed by atoms with Gasteiger partial charge in [-0.15, -0.1) is 0 Å². The van der Waals surface area contributed by atoms with E-state index in [0.29, 0.717) is 6.54 Å². The van der Waals surface area contributed by atoms with E-state index in [9.17, 15) is 0 Å². The highest BCUT2D eigenvalue weighted by Crippen LogP contribution is 2.26. The van der Waals surface area contributed by atoms with E-state index in [1.807, 2.05) is 12.1 Å². The van der Waals surface area contributed by atoms with Gasteiger partial charge in [0.2, 0.25) is 0 Å². The van der Waals surface area contributed by atoms with E-state index in [0.717, 1.165) is 24.5 Å². The Hall–Kier alpha value is -1.94. The monoisotopic (exact) mass is 242 g/mol. The number of nitrogens with two attached hydrogens (primary N) is 1. The zero-order valence-corrected chi connectivity index (χ0v) is 10.6. The van der Waals surface area contributed by atoms with Crippen LogP contribution in [-0.2, 0) is 0 Å². The van der Waals surface area contributed by atoms with Crippen LogP contribution in [-0.4, -0.2) is 23.1 Å². The molecule has 94 valence electrons. The Morgan fingerprint density at radius 2 is 2.06 bits per heavy atom. The van der Waals surface area contributed by atoms with Gasteiger partial charge in [-0.05, 0) is 31.5 Å². The van der Waals surface area contributed by atoms with Gasteiger partial charge in [0.15, 0.2) is 5.82 Å². The van der Waals surface area contributed by atoms with E-state index in [1.165, 1.54) is 5.56 Å². The molecule has 4 heteroatoms. The van der Waals surface area contributed by atoms with Gasteiger partial charge in [-0.25, -0.2) is 4.98 Å². The Morgan fingerprint density at radius 1 is 1.22 bits per heavy atom. The number of rotatable bonds is 5. The van der Waals surface area contributed by atoms with Crippen LogP contribution in [0.15, 0.2) is 42.9 Å². The van der Waals surface area contributed by atoms with Crippen molar-refractivity contribution in [2.24, 2.45) is 5.73 Å². The summed E-state index contributed by atoms with van der Waals surface area (Å²) in [6.45, 7) is 3.61. The maximum atomic E-state index is 5.61. The van der Waals surface area contributed by atoms with Crippen LogP contribution < -0.4 is 10.6 Å². The molecule has 1 heterocycles. The molecular formula is C14H18N4. The van der Waals surface area contributed by atoms with E-state index in [-0.39, 0.29) is 0 Å². The summed E-state index contributed by atoms with van der Waals surface area (Å²) < 4.78 is 0. The fourth-order valence-electron chi connectivity index (χ4n) is 1.90. The Morgan fingerprint density at radius 3 is 2.72 bits per heavy atom. The van der Waals surface area contributed by atoms with Gasteiger partial charge in [-0.1, -0.05) is 18.2 Å². The number of nitrogens with zero attached hydrogens (tertiary/aromatic N) is 3. The molecule has 1 aromatic carbocycles. The average molecular weight is 242 g/mol. The third-order valence-corrected chi connectivity index (χ3v) is 2.82. The predicted octanol–water partition coefficient (Wildman–Crippen LogP) is 2.27. The molecule has 0 spiro atoms. The van der Waals surface area contributed by atoms with Gasteiger partial charge in [0.05, 0.1) is 6.20 Å². The molecule has 0 saturated carbocycles. The number of para-hydroxylation sites is 1. The van der Waals surface area contributed by atoms with Crippen LogP contribution in [0.3, 0.4) is 0 Å². The summed E-state index contributed by atoms with van der Waals surface area (Å²) in [6, 6.07) is 8.27. The van der Waals surface area contributed by atoms with Crippen molar-refractivity contribution in [2.75, 3.05) is 18.0 Å². The minimum absolute atomic E-state index is 0.669. The molecule has 0 atom stereocenters. The minimum atomic E-state index is 0.669. The molecule has 0 fully saturated rings. The molecule has 4 nitrogen and oxygen atoms in total. The average Bonchev–Trinajstić information content (AvgIpc) is 2.42. The molecule has 0 unspecified atom stereocenters. The van der Waals surface area contributed by atoms with Crippen LogP contribution in [0, 0.1) is 6.92 Å².